The molecule has 0 fully saturated rings. The molecule has 0 unspecified atom stereocenters. The second-order valence-electron chi connectivity index (χ2n) is 4.54. The van der Waals surface area contributed by atoms with Crippen LogP contribution in [0, 0.1) is 12.7 Å². The van der Waals surface area contributed by atoms with Gasteiger partial charge in [0, 0.05) is 13.7 Å². The maximum absolute atomic E-state index is 13.6. The van der Waals surface area contributed by atoms with Gasteiger partial charge in [-0.15, -0.1) is 0 Å². The van der Waals surface area contributed by atoms with E-state index < -0.39 is 0 Å². The van der Waals surface area contributed by atoms with Gasteiger partial charge in [-0.3, -0.25) is 0 Å². The fraction of sp³-hybridized carbons (Fsp3) is 0.250. The highest BCUT2D eigenvalue weighted by molar-refractivity contribution is 5.48. The summed E-state index contributed by atoms with van der Waals surface area (Å²) in [4.78, 5) is 0. The average molecular weight is 259 g/mol. The maximum atomic E-state index is 13.6. The van der Waals surface area contributed by atoms with Crippen molar-refractivity contribution >= 4 is 5.69 Å². The van der Waals surface area contributed by atoms with Gasteiger partial charge in [-0.2, -0.15) is 0 Å². The minimum absolute atomic E-state index is 0.227. The van der Waals surface area contributed by atoms with Gasteiger partial charge < -0.3 is 10.1 Å². The zero-order valence-corrected chi connectivity index (χ0v) is 11.2. The summed E-state index contributed by atoms with van der Waals surface area (Å²) in [6.45, 7) is 3.09. The lowest BCUT2D eigenvalue weighted by atomic mass is 10.1. The first-order valence-electron chi connectivity index (χ1n) is 6.26. The fourth-order valence-electron chi connectivity index (χ4n) is 1.99. The minimum atomic E-state index is -0.227. The predicted octanol–water partition coefficient (Wildman–Crippen LogP) is 3.89. The van der Waals surface area contributed by atoms with E-state index in [1.54, 1.807) is 13.2 Å². The number of methoxy groups -OCH3 is 1. The molecule has 2 nitrogen and oxygen atoms in total. The van der Waals surface area contributed by atoms with E-state index in [1.807, 2.05) is 37.3 Å². The summed E-state index contributed by atoms with van der Waals surface area (Å²) in [6.07, 6.45) is 0. The molecule has 0 aliphatic rings. The Kier molecular flexibility index (Phi) is 4.53. The Morgan fingerprint density at radius 3 is 2.58 bits per heavy atom. The van der Waals surface area contributed by atoms with Gasteiger partial charge in [-0.25, -0.2) is 4.39 Å². The highest BCUT2D eigenvalue weighted by Gasteiger charge is 2.04. The highest BCUT2D eigenvalue weighted by Crippen LogP contribution is 2.18. The number of rotatable bonds is 5. The van der Waals surface area contributed by atoms with Gasteiger partial charge in [0.15, 0.2) is 0 Å². The fourth-order valence-corrected chi connectivity index (χ4v) is 1.99. The number of halogens is 1. The molecule has 0 aromatic heterocycles. The molecular formula is C16H18FNO. The SMILES string of the molecule is COCc1ccccc1CNc1cc(C)ccc1F. The van der Waals surface area contributed by atoms with Gasteiger partial charge in [0.05, 0.1) is 12.3 Å². The van der Waals surface area contributed by atoms with E-state index >= 15 is 0 Å². The molecular weight excluding hydrogens is 241 g/mol. The summed E-state index contributed by atoms with van der Waals surface area (Å²) in [5, 5.41) is 3.14. The molecule has 2 aromatic carbocycles. The van der Waals surface area contributed by atoms with Crippen LogP contribution in [0.15, 0.2) is 42.5 Å². The number of hydrogen-bond donors (Lipinski definition) is 1. The standard InChI is InChI=1S/C16H18FNO/c1-12-7-8-15(17)16(9-12)18-10-13-5-3-4-6-14(13)11-19-2/h3-9,18H,10-11H2,1-2H3. The Labute approximate surface area is 113 Å². The van der Waals surface area contributed by atoms with Crippen LogP contribution >= 0.6 is 0 Å². The Morgan fingerprint density at radius 2 is 1.84 bits per heavy atom. The minimum Gasteiger partial charge on any atom is -0.380 e. The Balaban J connectivity index is 2.12. The summed E-state index contributed by atoms with van der Waals surface area (Å²) >= 11 is 0. The van der Waals surface area contributed by atoms with Crippen LogP contribution in [0.2, 0.25) is 0 Å². The predicted molar refractivity (Wildman–Crippen MR) is 75.6 cm³/mol. The molecule has 2 aromatic rings. The molecule has 0 spiro atoms. The zero-order chi connectivity index (χ0) is 13.7. The molecule has 1 N–H and O–H groups in total. The lowest BCUT2D eigenvalue weighted by Gasteiger charge is -2.12. The molecule has 0 radical (unpaired) electrons. The van der Waals surface area contributed by atoms with Gasteiger partial charge >= 0.3 is 0 Å². The molecule has 0 bridgehead atoms. The van der Waals surface area contributed by atoms with Crippen LogP contribution in [-0.4, -0.2) is 7.11 Å². The molecule has 3 heteroatoms. The molecule has 0 heterocycles. The Morgan fingerprint density at radius 1 is 1.11 bits per heavy atom. The lowest BCUT2D eigenvalue weighted by Crippen LogP contribution is -2.05. The third-order valence-electron chi connectivity index (χ3n) is 3.01. The van der Waals surface area contributed by atoms with Crippen molar-refractivity contribution in [3.8, 4) is 0 Å². The number of nitrogens with one attached hydrogen (secondary N) is 1. The number of ether oxygens (including phenoxy) is 1. The third-order valence-corrected chi connectivity index (χ3v) is 3.01. The molecule has 100 valence electrons. The van der Waals surface area contributed by atoms with Crippen LogP contribution < -0.4 is 5.32 Å². The molecule has 0 saturated heterocycles. The van der Waals surface area contributed by atoms with Gasteiger partial charge in [0.1, 0.15) is 5.82 Å². The number of benzene rings is 2. The van der Waals surface area contributed by atoms with Crippen LogP contribution in [0.1, 0.15) is 16.7 Å². The second-order valence-corrected chi connectivity index (χ2v) is 4.54. The third kappa shape index (κ3) is 3.55. The van der Waals surface area contributed by atoms with E-state index in [9.17, 15) is 4.39 Å². The number of anilines is 1. The maximum Gasteiger partial charge on any atom is 0.146 e. The van der Waals surface area contributed by atoms with Crippen molar-refractivity contribution in [2.75, 3.05) is 12.4 Å². The van der Waals surface area contributed by atoms with E-state index in [0.29, 0.717) is 18.8 Å². The lowest BCUT2D eigenvalue weighted by molar-refractivity contribution is 0.184. The van der Waals surface area contributed by atoms with E-state index in [0.717, 1.165) is 16.7 Å². The van der Waals surface area contributed by atoms with E-state index in [-0.39, 0.29) is 5.82 Å². The first-order valence-corrected chi connectivity index (χ1v) is 6.26. The van der Waals surface area contributed by atoms with Gasteiger partial charge in [-0.1, -0.05) is 30.3 Å². The first kappa shape index (κ1) is 13.6. The van der Waals surface area contributed by atoms with Crippen molar-refractivity contribution in [3.05, 3.63) is 65.0 Å². The van der Waals surface area contributed by atoms with Crippen molar-refractivity contribution in [2.24, 2.45) is 0 Å². The van der Waals surface area contributed by atoms with Gasteiger partial charge in [0.2, 0.25) is 0 Å². The van der Waals surface area contributed by atoms with Crippen LogP contribution in [-0.2, 0) is 17.9 Å². The second kappa shape index (κ2) is 6.34. The summed E-state index contributed by atoms with van der Waals surface area (Å²) in [5.74, 6) is -0.227. The molecule has 0 aliphatic heterocycles. The largest absolute Gasteiger partial charge is 0.380 e. The Hall–Kier alpha value is -1.87. The van der Waals surface area contributed by atoms with Crippen LogP contribution in [0.5, 0.6) is 0 Å². The van der Waals surface area contributed by atoms with Crippen LogP contribution in [0.25, 0.3) is 0 Å². The molecule has 0 amide bonds. The van der Waals surface area contributed by atoms with Crippen molar-refractivity contribution in [3.63, 3.8) is 0 Å². The van der Waals surface area contributed by atoms with E-state index in [2.05, 4.69) is 5.32 Å². The van der Waals surface area contributed by atoms with Crippen molar-refractivity contribution < 1.29 is 9.13 Å². The summed E-state index contributed by atoms with van der Waals surface area (Å²) in [7, 11) is 1.67. The molecule has 19 heavy (non-hydrogen) atoms. The topological polar surface area (TPSA) is 21.3 Å². The van der Waals surface area contributed by atoms with E-state index in [4.69, 9.17) is 4.74 Å². The van der Waals surface area contributed by atoms with Crippen molar-refractivity contribution in [1.29, 1.82) is 0 Å². The van der Waals surface area contributed by atoms with Crippen molar-refractivity contribution in [2.45, 2.75) is 20.1 Å². The zero-order valence-electron chi connectivity index (χ0n) is 11.2. The molecule has 0 atom stereocenters. The molecule has 0 saturated carbocycles. The Bertz CT molecular complexity index is 554. The quantitative estimate of drug-likeness (QED) is 0.879. The van der Waals surface area contributed by atoms with Crippen LogP contribution in [0.3, 0.4) is 0 Å². The monoisotopic (exact) mass is 259 g/mol. The smallest absolute Gasteiger partial charge is 0.146 e. The highest BCUT2D eigenvalue weighted by atomic mass is 19.1. The normalized spacial score (nSPS) is 10.5. The summed E-state index contributed by atoms with van der Waals surface area (Å²) in [6, 6.07) is 13.1. The first-order chi connectivity index (χ1) is 9.20. The average Bonchev–Trinajstić information content (AvgIpc) is 2.42. The molecule has 0 aliphatic carbocycles. The van der Waals surface area contributed by atoms with Gasteiger partial charge in [-0.05, 0) is 35.7 Å². The van der Waals surface area contributed by atoms with E-state index in [1.165, 1.54) is 6.07 Å². The molecule has 2 rings (SSSR count). The van der Waals surface area contributed by atoms with Crippen molar-refractivity contribution in [1.82, 2.24) is 0 Å². The number of hydrogen-bond acceptors (Lipinski definition) is 2. The number of aryl methyl sites for hydroxylation is 1. The van der Waals surface area contributed by atoms with Crippen LogP contribution in [0.4, 0.5) is 10.1 Å². The summed E-state index contributed by atoms with van der Waals surface area (Å²) in [5.41, 5.74) is 3.80. The van der Waals surface area contributed by atoms with Gasteiger partial charge in [0.25, 0.3) is 0 Å². The summed E-state index contributed by atoms with van der Waals surface area (Å²) < 4.78 is 18.8.